The second kappa shape index (κ2) is 10.4. The van der Waals surface area contributed by atoms with Crippen LogP contribution in [-0.4, -0.2) is 17.6 Å². The molecule has 0 aliphatic heterocycles. The first-order valence-corrected chi connectivity index (χ1v) is 8.58. The van der Waals surface area contributed by atoms with Gasteiger partial charge in [-0.1, -0.05) is 44.7 Å². The number of carbonyl (C=O) groups is 1. The second-order valence-electron chi connectivity index (χ2n) is 5.72. The average molecular weight is 327 g/mol. The first kappa shape index (κ1) is 18.0. The van der Waals surface area contributed by atoms with Crippen molar-refractivity contribution in [1.82, 2.24) is 4.98 Å². The number of rotatable bonds is 10. The number of aromatic nitrogens is 1. The van der Waals surface area contributed by atoms with Crippen molar-refractivity contribution in [1.29, 1.82) is 0 Å². The van der Waals surface area contributed by atoms with E-state index in [9.17, 15) is 4.79 Å². The summed E-state index contributed by atoms with van der Waals surface area (Å²) in [5.41, 5.74) is 1.39. The minimum Gasteiger partial charge on any atom is -0.494 e. The summed E-state index contributed by atoms with van der Waals surface area (Å²) in [5.74, 6) is 0.489. The summed E-state index contributed by atoms with van der Waals surface area (Å²) in [6, 6.07) is 11.1. The van der Waals surface area contributed by atoms with Gasteiger partial charge >= 0.3 is 5.97 Å². The molecule has 0 aliphatic carbocycles. The maximum absolute atomic E-state index is 11.8. The van der Waals surface area contributed by atoms with Gasteiger partial charge in [-0.2, -0.15) is 0 Å². The third-order valence-corrected chi connectivity index (χ3v) is 3.71. The van der Waals surface area contributed by atoms with Crippen LogP contribution in [0.4, 0.5) is 0 Å². The van der Waals surface area contributed by atoms with Crippen LogP contribution in [0.5, 0.6) is 5.75 Å². The van der Waals surface area contributed by atoms with Crippen molar-refractivity contribution in [2.75, 3.05) is 6.61 Å². The fourth-order valence-corrected chi connectivity index (χ4v) is 2.29. The van der Waals surface area contributed by atoms with Crippen LogP contribution in [0.2, 0.25) is 0 Å². The Morgan fingerprint density at radius 1 is 1.04 bits per heavy atom. The Bertz CT molecular complexity index is 596. The Balaban J connectivity index is 1.69. The smallest absolute Gasteiger partial charge is 0.340 e. The molecule has 24 heavy (non-hydrogen) atoms. The van der Waals surface area contributed by atoms with Crippen LogP contribution < -0.4 is 4.74 Å². The molecular formula is C20H25NO3. The predicted octanol–water partition coefficient (Wildman–Crippen LogP) is 4.79. The zero-order chi connectivity index (χ0) is 17.0. The SMILES string of the molecule is CCCCCCCOc1ccc(COC(=O)c2cccnc2)cc1. The van der Waals surface area contributed by atoms with E-state index < -0.39 is 0 Å². The van der Waals surface area contributed by atoms with Crippen molar-refractivity contribution in [3.05, 3.63) is 59.9 Å². The molecule has 0 spiro atoms. The zero-order valence-corrected chi connectivity index (χ0v) is 14.2. The zero-order valence-electron chi connectivity index (χ0n) is 14.2. The maximum Gasteiger partial charge on any atom is 0.340 e. The van der Waals surface area contributed by atoms with Gasteiger partial charge in [0.1, 0.15) is 12.4 Å². The van der Waals surface area contributed by atoms with Crippen LogP contribution in [0.1, 0.15) is 54.9 Å². The van der Waals surface area contributed by atoms with E-state index in [2.05, 4.69) is 11.9 Å². The summed E-state index contributed by atoms with van der Waals surface area (Å²) in [6.45, 7) is 3.20. The molecule has 0 fully saturated rings. The van der Waals surface area contributed by atoms with Gasteiger partial charge in [0.15, 0.2) is 0 Å². The van der Waals surface area contributed by atoms with Crippen LogP contribution in [0.25, 0.3) is 0 Å². The number of nitrogens with zero attached hydrogens (tertiary/aromatic N) is 1. The highest BCUT2D eigenvalue weighted by Crippen LogP contribution is 2.14. The van der Waals surface area contributed by atoms with E-state index in [1.54, 1.807) is 18.3 Å². The first-order valence-electron chi connectivity index (χ1n) is 8.58. The third-order valence-electron chi connectivity index (χ3n) is 3.71. The highest BCUT2D eigenvalue weighted by atomic mass is 16.5. The molecule has 4 heteroatoms. The molecule has 0 amide bonds. The Hall–Kier alpha value is -2.36. The van der Waals surface area contributed by atoms with Gasteiger partial charge in [-0.05, 0) is 36.2 Å². The lowest BCUT2D eigenvalue weighted by atomic mass is 10.2. The molecule has 4 nitrogen and oxygen atoms in total. The molecule has 0 atom stereocenters. The summed E-state index contributed by atoms with van der Waals surface area (Å²) in [6.07, 6.45) is 9.26. The number of hydrogen-bond acceptors (Lipinski definition) is 4. The Kier molecular flexibility index (Phi) is 7.81. The maximum atomic E-state index is 11.8. The molecule has 2 aromatic rings. The lowest BCUT2D eigenvalue weighted by molar-refractivity contribution is 0.0472. The van der Waals surface area contributed by atoms with E-state index in [1.807, 2.05) is 24.3 Å². The summed E-state index contributed by atoms with van der Waals surface area (Å²) < 4.78 is 11.0. The highest BCUT2D eigenvalue weighted by Gasteiger charge is 2.06. The van der Waals surface area contributed by atoms with E-state index in [-0.39, 0.29) is 12.6 Å². The molecule has 0 N–H and O–H groups in total. The fraction of sp³-hybridized carbons (Fsp3) is 0.400. The Labute approximate surface area is 143 Å². The quantitative estimate of drug-likeness (QED) is 0.465. The van der Waals surface area contributed by atoms with Crippen molar-refractivity contribution < 1.29 is 14.3 Å². The van der Waals surface area contributed by atoms with Crippen LogP contribution in [0, 0.1) is 0 Å². The van der Waals surface area contributed by atoms with Gasteiger partial charge in [-0.25, -0.2) is 4.79 Å². The number of esters is 1. The summed E-state index contributed by atoms with van der Waals surface area (Å²) in [5, 5.41) is 0. The molecule has 2 rings (SSSR count). The average Bonchev–Trinajstić information content (AvgIpc) is 2.64. The number of unbranched alkanes of at least 4 members (excludes halogenated alkanes) is 4. The molecule has 128 valence electrons. The lowest BCUT2D eigenvalue weighted by Crippen LogP contribution is -2.05. The summed E-state index contributed by atoms with van der Waals surface area (Å²) in [4.78, 5) is 15.8. The van der Waals surface area contributed by atoms with Crippen molar-refractivity contribution in [3.8, 4) is 5.75 Å². The number of carbonyl (C=O) groups excluding carboxylic acids is 1. The summed E-state index contributed by atoms with van der Waals surface area (Å²) >= 11 is 0. The lowest BCUT2D eigenvalue weighted by Gasteiger charge is -2.08. The monoisotopic (exact) mass is 327 g/mol. The predicted molar refractivity (Wildman–Crippen MR) is 94.1 cm³/mol. The van der Waals surface area contributed by atoms with Crippen LogP contribution in [0.15, 0.2) is 48.8 Å². The number of hydrogen-bond donors (Lipinski definition) is 0. The second-order valence-corrected chi connectivity index (χ2v) is 5.72. The highest BCUT2D eigenvalue weighted by molar-refractivity contribution is 5.88. The standard InChI is InChI=1S/C20H25NO3/c1-2-3-4-5-6-14-23-19-11-9-17(10-12-19)16-24-20(22)18-8-7-13-21-15-18/h7-13,15H,2-6,14,16H2,1H3. The van der Waals surface area contributed by atoms with E-state index >= 15 is 0 Å². The molecule has 0 aliphatic rings. The van der Waals surface area contributed by atoms with Gasteiger partial charge in [0.25, 0.3) is 0 Å². The van der Waals surface area contributed by atoms with Gasteiger partial charge in [0, 0.05) is 12.4 Å². The van der Waals surface area contributed by atoms with Crippen molar-refractivity contribution in [2.24, 2.45) is 0 Å². The van der Waals surface area contributed by atoms with Gasteiger partial charge in [-0.3, -0.25) is 4.98 Å². The van der Waals surface area contributed by atoms with Crippen molar-refractivity contribution in [2.45, 2.75) is 45.6 Å². The van der Waals surface area contributed by atoms with Gasteiger partial charge in [0.05, 0.1) is 12.2 Å². The van der Waals surface area contributed by atoms with E-state index in [4.69, 9.17) is 9.47 Å². The molecule has 1 heterocycles. The number of pyridine rings is 1. The Morgan fingerprint density at radius 3 is 2.54 bits per heavy atom. The van der Waals surface area contributed by atoms with Gasteiger partial charge in [-0.15, -0.1) is 0 Å². The molecule has 1 aromatic heterocycles. The van der Waals surface area contributed by atoms with Crippen molar-refractivity contribution in [3.63, 3.8) is 0 Å². The van der Waals surface area contributed by atoms with E-state index in [0.717, 1.165) is 24.3 Å². The molecule has 0 unspecified atom stereocenters. The largest absolute Gasteiger partial charge is 0.494 e. The van der Waals surface area contributed by atoms with Crippen LogP contribution >= 0.6 is 0 Å². The molecule has 0 saturated heterocycles. The van der Waals surface area contributed by atoms with Gasteiger partial charge < -0.3 is 9.47 Å². The number of ether oxygens (including phenoxy) is 2. The van der Waals surface area contributed by atoms with Crippen molar-refractivity contribution >= 4 is 5.97 Å². The van der Waals surface area contributed by atoms with E-state index in [0.29, 0.717) is 5.56 Å². The van der Waals surface area contributed by atoms with Crippen LogP contribution in [-0.2, 0) is 11.3 Å². The summed E-state index contributed by atoms with van der Waals surface area (Å²) in [7, 11) is 0. The molecule has 0 bridgehead atoms. The van der Waals surface area contributed by atoms with Gasteiger partial charge in [0.2, 0.25) is 0 Å². The Morgan fingerprint density at radius 2 is 1.83 bits per heavy atom. The third kappa shape index (κ3) is 6.41. The van der Waals surface area contributed by atoms with Crippen LogP contribution in [0.3, 0.4) is 0 Å². The minimum absolute atomic E-state index is 0.241. The normalized spacial score (nSPS) is 10.4. The molecular weight excluding hydrogens is 302 g/mol. The molecule has 0 saturated carbocycles. The number of benzene rings is 1. The molecule has 0 radical (unpaired) electrons. The first-order chi connectivity index (χ1) is 11.8. The fourth-order valence-electron chi connectivity index (χ4n) is 2.29. The topological polar surface area (TPSA) is 48.4 Å². The van der Waals surface area contributed by atoms with E-state index in [1.165, 1.54) is 31.9 Å². The minimum atomic E-state index is -0.365. The molecule has 1 aromatic carbocycles.